The highest BCUT2D eigenvalue weighted by atomic mass is 35.5. The standard InChI is InChI=1S/C10H15ClF2O4.C6H8O4.C2H2ClF/c1-6(3-8(11)10(2,12)13)15-4-7-5-16-9(14)17-7;1-2-8-3-5-4-9-6(7)10-5;1-2(3)4/h6-8H,3-5H2,1-2H3;2,5H,1,3-4H2;1H2. The van der Waals surface area contributed by atoms with E-state index >= 15 is 0 Å². The van der Waals surface area contributed by atoms with Gasteiger partial charge < -0.3 is 28.4 Å². The predicted molar refractivity (Wildman–Crippen MR) is 105 cm³/mol. The van der Waals surface area contributed by atoms with E-state index in [0.717, 1.165) is 6.92 Å². The second-order valence-electron chi connectivity index (χ2n) is 6.24. The van der Waals surface area contributed by atoms with Crippen molar-refractivity contribution in [1.29, 1.82) is 0 Å². The minimum Gasteiger partial charge on any atom is -0.498 e. The van der Waals surface area contributed by atoms with Crippen molar-refractivity contribution in [1.82, 2.24) is 0 Å². The highest BCUT2D eigenvalue weighted by Gasteiger charge is 2.34. The Hall–Kier alpha value is -1.85. The third kappa shape index (κ3) is 15.6. The van der Waals surface area contributed by atoms with Crippen LogP contribution in [0.4, 0.5) is 22.8 Å². The molecule has 31 heavy (non-hydrogen) atoms. The van der Waals surface area contributed by atoms with Crippen molar-refractivity contribution in [2.45, 2.75) is 49.9 Å². The first-order valence-electron chi connectivity index (χ1n) is 8.87. The van der Waals surface area contributed by atoms with Crippen LogP contribution in [0, 0.1) is 0 Å². The molecule has 0 saturated carbocycles. The van der Waals surface area contributed by atoms with E-state index in [0.29, 0.717) is 6.61 Å². The van der Waals surface area contributed by atoms with Gasteiger partial charge in [0.2, 0.25) is 0 Å². The van der Waals surface area contributed by atoms with Gasteiger partial charge in [-0.15, -0.1) is 11.6 Å². The first-order valence-corrected chi connectivity index (χ1v) is 9.69. The maximum Gasteiger partial charge on any atom is 0.508 e. The van der Waals surface area contributed by atoms with Crippen LogP contribution in [0.5, 0.6) is 0 Å². The number of hydrogen-bond acceptors (Lipinski definition) is 8. The van der Waals surface area contributed by atoms with Crippen LogP contribution in [0.15, 0.2) is 24.7 Å². The zero-order valence-corrected chi connectivity index (χ0v) is 18.5. The maximum atomic E-state index is 12.8. The fraction of sp³-hybridized carbons (Fsp3) is 0.667. The second kappa shape index (κ2) is 15.0. The molecule has 2 fully saturated rings. The number of ether oxygens (including phenoxy) is 6. The monoisotopic (exact) mass is 496 g/mol. The Labute approximate surface area is 188 Å². The van der Waals surface area contributed by atoms with Gasteiger partial charge in [-0.25, -0.2) is 18.4 Å². The zero-order chi connectivity index (χ0) is 24.0. The van der Waals surface area contributed by atoms with Crippen molar-refractivity contribution < 1.29 is 51.2 Å². The minimum atomic E-state index is -2.94. The van der Waals surface area contributed by atoms with E-state index in [4.69, 9.17) is 25.8 Å². The molecule has 13 heteroatoms. The largest absolute Gasteiger partial charge is 0.508 e. The molecule has 0 aromatic carbocycles. The summed E-state index contributed by atoms with van der Waals surface area (Å²) in [5.41, 5.74) is 0. The molecule has 2 rings (SSSR count). The van der Waals surface area contributed by atoms with E-state index in [-0.39, 0.29) is 32.3 Å². The van der Waals surface area contributed by atoms with Crippen LogP contribution in [0.1, 0.15) is 20.3 Å². The Morgan fingerprint density at radius 2 is 1.68 bits per heavy atom. The molecular formula is C18H25Cl2F3O8. The predicted octanol–water partition coefficient (Wildman–Crippen LogP) is 4.93. The summed E-state index contributed by atoms with van der Waals surface area (Å²) in [5, 5.41) is -2.14. The van der Waals surface area contributed by atoms with E-state index in [1.807, 2.05) is 0 Å². The summed E-state index contributed by atoms with van der Waals surface area (Å²) < 4.78 is 64.6. The molecular weight excluding hydrogens is 472 g/mol. The lowest BCUT2D eigenvalue weighted by atomic mass is 10.1. The molecule has 0 N–H and O–H groups in total. The molecule has 0 bridgehead atoms. The topological polar surface area (TPSA) is 89.5 Å². The summed E-state index contributed by atoms with van der Waals surface area (Å²) in [5.74, 6) is -2.94. The number of alkyl halides is 3. The van der Waals surface area contributed by atoms with Gasteiger partial charge in [-0.2, -0.15) is 4.39 Å². The van der Waals surface area contributed by atoms with Crippen LogP contribution in [0.2, 0.25) is 0 Å². The van der Waals surface area contributed by atoms with Crippen molar-refractivity contribution >= 4 is 35.5 Å². The molecule has 8 nitrogen and oxygen atoms in total. The molecule has 0 radical (unpaired) electrons. The first-order chi connectivity index (χ1) is 14.3. The first kappa shape index (κ1) is 29.1. The Bertz CT molecular complexity index is 585. The molecule has 0 aromatic heterocycles. The molecule has 2 saturated heterocycles. The molecule has 2 aliphatic rings. The minimum absolute atomic E-state index is 0.0204. The molecule has 0 amide bonds. The van der Waals surface area contributed by atoms with Crippen molar-refractivity contribution in [2.24, 2.45) is 0 Å². The molecule has 0 spiro atoms. The van der Waals surface area contributed by atoms with Gasteiger partial charge in [-0.1, -0.05) is 24.8 Å². The number of carbonyl (C=O) groups excluding carboxylic acids is 2. The molecule has 2 heterocycles. The molecule has 4 unspecified atom stereocenters. The zero-order valence-electron chi connectivity index (χ0n) is 17.0. The fourth-order valence-corrected chi connectivity index (χ4v) is 2.16. The van der Waals surface area contributed by atoms with Gasteiger partial charge in [0.15, 0.2) is 17.5 Å². The number of rotatable bonds is 9. The summed E-state index contributed by atoms with van der Waals surface area (Å²) in [6, 6.07) is 0. The third-order valence-electron chi connectivity index (χ3n) is 3.36. The van der Waals surface area contributed by atoms with Crippen LogP contribution in [0.25, 0.3) is 0 Å². The SMILES string of the molecule is C=C(F)Cl.C=COCC1COC(=O)O1.CC(CC(Cl)C(C)(F)F)OCC1COC(=O)O1. The fourth-order valence-electron chi connectivity index (χ4n) is 1.91. The van der Waals surface area contributed by atoms with Gasteiger partial charge in [0.25, 0.3) is 5.92 Å². The van der Waals surface area contributed by atoms with E-state index in [1.165, 1.54) is 6.26 Å². The third-order valence-corrected chi connectivity index (χ3v) is 3.92. The van der Waals surface area contributed by atoms with Crippen LogP contribution in [0.3, 0.4) is 0 Å². The Morgan fingerprint density at radius 1 is 1.23 bits per heavy atom. The number of hydrogen-bond donors (Lipinski definition) is 0. The van der Waals surface area contributed by atoms with E-state index in [1.54, 1.807) is 6.92 Å². The van der Waals surface area contributed by atoms with Gasteiger partial charge in [-0.05, 0) is 13.3 Å². The summed E-state index contributed by atoms with van der Waals surface area (Å²) in [6.45, 7) is 9.22. The van der Waals surface area contributed by atoms with E-state index in [2.05, 4.69) is 39.0 Å². The summed E-state index contributed by atoms with van der Waals surface area (Å²) in [6.07, 6.45) is -1.23. The van der Waals surface area contributed by atoms with Gasteiger partial charge in [-0.3, -0.25) is 0 Å². The average Bonchev–Trinajstić information content (AvgIpc) is 3.25. The maximum absolute atomic E-state index is 12.8. The lowest BCUT2D eigenvalue weighted by Gasteiger charge is -2.21. The summed E-state index contributed by atoms with van der Waals surface area (Å²) in [4.78, 5) is 20.9. The Morgan fingerprint density at radius 3 is 2.03 bits per heavy atom. The van der Waals surface area contributed by atoms with Crippen LogP contribution in [-0.4, -0.2) is 68.3 Å². The lowest BCUT2D eigenvalue weighted by molar-refractivity contribution is -0.0252. The summed E-state index contributed by atoms with van der Waals surface area (Å²) in [7, 11) is 0. The highest BCUT2D eigenvalue weighted by Crippen LogP contribution is 2.27. The quantitative estimate of drug-likeness (QED) is 0.252. The molecule has 0 aliphatic carbocycles. The van der Waals surface area contributed by atoms with Crippen LogP contribution in [-0.2, 0) is 28.4 Å². The normalized spacial score (nSPS) is 21.5. The number of carbonyl (C=O) groups is 2. The molecule has 2 aliphatic heterocycles. The smallest absolute Gasteiger partial charge is 0.498 e. The molecule has 0 aromatic rings. The molecule has 4 atom stereocenters. The van der Waals surface area contributed by atoms with Crippen molar-refractivity contribution in [2.75, 3.05) is 26.4 Å². The van der Waals surface area contributed by atoms with Crippen LogP contribution < -0.4 is 0 Å². The van der Waals surface area contributed by atoms with Crippen molar-refractivity contribution in [3.63, 3.8) is 0 Å². The van der Waals surface area contributed by atoms with Gasteiger partial charge in [0.05, 0.1) is 24.4 Å². The Kier molecular flexibility index (Phi) is 14.1. The number of halogens is 5. The molecule has 180 valence electrons. The highest BCUT2D eigenvalue weighted by molar-refractivity contribution is 6.27. The van der Waals surface area contributed by atoms with Crippen LogP contribution >= 0.6 is 23.2 Å². The van der Waals surface area contributed by atoms with Crippen molar-refractivity contribution in [3.05, 3.63) is 24.7 Å². The lowest BCUT2D eigenvalue weighted by Crippen LogP contribution is -2.30. The number of cyclic esters (lactones) is 4. The van der Waals surface area contributed by atoms with Gasteiger partial charge >= 0.3 is 12.3 Å². The Balaban J connectivity index is 0.000000540. The van der Waals surface area contributed by atoms with E-state index < -0.39 is 41.1 Å². The second-order valence-corrected chi connectivity index (χ2v) is 7.18. The van der Waals surface area contributed by atoms with Gasteiger partial charge in [0.1, 0.15) is 19.8 Å². The van der Waals surface area contributed by atoms with E-state index in [9.17, 15) is 22.8 Å². The summed E-state index contributed by atoms with van der Waals surface area (Å²) >= 11 is 9.94. The van der Waals surface area contributed by atoms with Crippen molar-refractivity contribution in [3.8, 4) is 0 Å². The van der Waals surface area contributed by atoms with Gasteiger partial charge in [0, 0.05) is 6.92 Å². The average molecular weight is 497 g/mol.